The van der Waals surface area contributed by atoms with Crippen molar-refractivity contribution in [1.82, 2.24) is 0 Å². The van der Waals surface area contributed by atoms with Crippen molar-refractivity contribution in [1.29, 1.82) is 0 Å². The number of rotatable bonds is 2. The van der Waals surface area contributed by atoms with Crippen LogP contribution < -0.4 is 5.73 Å². The fourth-order valence-corrected chi connectivity index (χ4v) is 0.806. The van der Waals surface area contributed by atoms with E-state index in [9.17, 15) is 0 Å². The minimum atomic E-state index is -0.235. The zero-order chi connectivity index (χ0) is 7.40. The Morgan fingerprint density at radius 2 is 1.82 bits per heavy atom. The summed E-state index contributed by atoms with van der Waals surface area (Å²) in [5, 5.41) is 8.66. The molecular formula is C8H11CoNO. The van der Waals surface area contributed by atoms with Crippen LogP contribution in [0, 0.1) is 0 Å². The van der Waals surface area contributed by atoms with Crippen molar-refractivity contribution < 1.29 is 21.9 Å². The molecule has 3 N–H and O–H groups in total. The minimum Gasteiger partial charge on any atom is -0.394 e. The second kappa shape index (κ2) is 5.32. The maximum atomic E-state index is 8.66. The van der Waals surface area contributed by atoms with Crippen molar-refractivity contribution in [2.75, 3.05) is 6.61 Å². The molecule has 63 valence electrons. The quantitative estimate of drug-likeness (QED) is 0.730. The first-order valence-corrected chi connectivity index (χ1v) is 3.26. The standard InChI is InChI=1S/C8H11NO.Co/c9-8(6-10)7-4-2-1-3-5-7;/h1-5,8,10H,6,9H2;. The average Bonchev–Trinajstić information content (AvgIpc) is 2.05. The molecule has 0 aliphatic carbocycles. The van der Waals surface area contributed by atoms with Crippen LogP contribution in [0.25, 0.3) is 0 Å². The van der Waals surface area contributed by atoms with Gasteiger partial charge in [-0.25, -0.2) is 0 Å². The molecule has 2 nitrogen and oxygen atoms in total. The van der Waals surface area contributed by atoms with Gasteiger partial charge in [-0.3, -0.25) is 0 Å². The molecule has 0 heterocycles. The fraction of sp³-hybridized carbons (Fsp3) is 0.250. The zero-order valence-electron chi connectivity index (χ0n) is 6.03. The topological polar surface area (TPSA) is 46.2 Å². The first-order valence-electron chi connectivity index (χ1n) is 3.26. The molecule has 0 aliphatic rings. The van der Waals surface area contributed by atoms with Crippen LogP contribution in [0.1, 0.15) is 11.6 Å². The Morgan fingerprint density at radius 3 is 2.27 bits per heavy atom. The minimum absolute atomic E-state index is 0. The average molecular weight is 196 g/mol. The largest absolute Gasteiger partial charge is 0.394 e. The molecule has 0 spiro atoms. The van der Waals surface area contributed by atoms with E-state index in [2.05, 4.69) is 0 Å². The molecule has 0 amide bonds. The number of hydrogen-bond donors (Lipinski definition) is 2. The molecule has 1 radical (unpaired) electrons. The van der Waals surface area contributed by atoms with Gasteiger partial charge in [0.25, 0.3) is 0 Å². The normalized spacial score (nSPS) is 11.8. The summed E-state index contributed by atoms with van der Waals surface area (Å²) in [7, 11) is 0. The second-order valence-electron chi connectivity index (χ2n) is 2.20. The molecule has 1 atom stereocenters. The maximum absolute atomic E-state index is 8.66. The monoisotopic (exact) mass is 196 g/mol. The van der Waals surface area contributed by atoms with Crippen molar-refractivity contribution in [3.8, 4) is 0 Å². The molecule has 0 aromatic heterocycles. The number of nitrogens with two attached hydrogens (primary N) is 1. The van der Waals surface area contributed by atoms with Gasteiger partial charge in [0.05, 0.1) is 12.6 Å². The number of hydrogen-bond acceptors (Lipinski definition) is 2. The predicted molar refractivity (Wildman–Crippen MR) is 40.5 cm³/mol. The van der Waals surface area contributed by atoms with Crippen molar-refractivity contribution in [3.05, 3.63) is 35.9 Å². The molecular weight excluding hydrogens is 185 g/mol. The SMILES string of the molecule is NC(CO)c1ccccc1.[Co]. The van der Waals surface area contributed by atoms with Crippen LogP contribution in [0.5, 0.6) is 0 Å². The third kappa shape index (κ3) is 3.03. The van der Waals surface area contributed by atoms with Gasteiger partial charge < -0.3 is 10.8 Å². The maximum Gasteiger partial charge on any atom is 0.0624 e. The van der Waals surface area contributed by atoms with Crippen LogP contribution in [-0.2, 0) is 16.8 Å². The van der Waals surface area contributed by atoms with Crippen LogP contribution in [0.2, 0.25) is 0 Å². The van der Waals surface area contributed by atoms with Crippen molar-refractivity contribution in [3.63, 3.8) is 0 Å². The van der Waals surface area contributed by atoms with E-state index < -0.39 is 0 Å². The predicted octanol–water partition coefficient (Wildman–Crippen LogP) is 0.676. The van der Waals surface area contributed by atoms with Crippen LogP contribution in [0.15, 0.2) is 30.3 Å². The first kappa shape index (κ1) is 10.6. The molecule has 1 aromatic carbocycles. The molecule has 1 rings (SSSR count). The van der Waals surface area contributed by atoms with Gasteiger partial charge in [0.2, 0.25) is 0 Å². The Balaban J connectivity index is 0.000001000. The van der Waals surface area contributed by atoms with Gasteiger partial charge in [-0.15, -0.1) is 0 Å². The zero-order valence-corrected chi connectivity index (χ0v) is 7.07. The van der Waals surface area contributed by atoms with E-state index in [4.69, 9.17) is 10.8 Å². The van der Waals surface area contributed by atoms with Gasteiger partial charge in [-0.05, 0) is 5.56 Å². The van der Waals surface area contributed by atoms with E-state index in [1.54, 1.807) is 0 Å². The van der Waals surface area contributed by atoms with E-state index >= 15 is 0 Å². The Hall–Kier alpha value is -0.354. The molecule has 0 bridgehead atoms. The second-order valence-corrected chi connectivity index (χ2v) is 2.20. The summed E-state index contributed by atoms with van der Waals surface area (Å²) in [5.74, 6) is 0. The van der Waals surface area contributed by atoms with Crippen molar-refractivity contribution in [2.45, 2.75) is 6.04 Å². The van der Waals surface area contributed by atoms with E-state index in [1.165, 1.54) is 0 Å². The molecule has 0 aliphatic heterocycles. The van der Waals surface area contributed by atoms with E-state index in [0.717, 1.165) is 5.56 Å². The molecule has 3 heteroatoms. The van der Waals surface area contributed by atoms with Gasteiger partial charge in [0.1, 0.15) is 0 Å². The number of aliphatic hydroxyl groups excluding tert-OH is 1. The fourth-order valence-electron chi connectivity index (χ4n) is 0.806. The third-order valence-electron chi connectivity index (χ3n) is 1.42. The Morgan fingerprint density at radius 1 is 1.27 bits per heavy atom. The smallest absolute Gasteiger partial charge is 0.0624 e. The molecule has 0 saturated carbocycles. The summed E-state index contributed by atoms with van der Waals surface area (Å²) in [5.41, 5.74) is 6.52. The van der Waals surface area contributed by atoms with Crippen LogP contribution >= 0.6 is 0 Å². The Labute approximate surface area is 76.6 Å². The Bertz CT molecular complexity index is 191. The summed E-state index contributed by atoms with van der Waals surface area (Å²) in [6.45, 7) is 0.00398. The first-order chi connectivity index (χ1) is 4.84. The van der Waals surface area contributed by atoms with Crippen molar-refractivity contribution >= 4 is 0 Å². The van der Waals surface area contributed by atoms with E-state index in [0.29, 0.717) is 0 Å². The summed E-state index contributed by atoms with van der Waals surface area (Å²) >= 11 is 0. The summed E-state index contributed by atoms with van der Waals surface area (Å²) in [6, 6.07) is 9.31. The van der Waals surface area contributed by atoms with Gasteiger partial charge >= 0.3 is 0 Å². The summed E-state index contributed by atoms with van der Waals surface area (Å²) < 4.78 is 0. The number of benzene rings is 1. The Kier molecular flexibility index (Phi) is 5.15. The summed E-state index contributed by atoms with van der Waals surface area (Å²) in [6.07, 6.45) is 0. The van der Waals surface area contributed by atoms with Gasteiger partial charge in [0.15, 0.2) is 0 Å². The van der Waals surface area contributed by atoms with E-state index in [1.807, 2.05) is 30.3 Å². The number of aliphatic hydroxyl groups is 1. The summed E-state index contributed by atoms with van der Waals surface area (Å²) in [4.78, 5) is 0. The van der Waals surface area contributed by atoms with Crippen LogP contribution in [0.4, 0.5) is 0 Å². The van der Waals surface area contributed by atoms with Crippen LogP contribution in [0.3, 0.4) is 0 Å². The van der Waals surface area contributed by atoms with Gasteiger partial charge in [-0.2, -0.15) is 0 Å². The van der Waals surface area contributed by atoms with Gasteiger partial charge in [0, 0.05) is 16.8 Å². The van der Waals surface area contributed by atoms with Crippen LogP contribution in [-0.4, -0.2) is 11.7 Å². The molecule has 0 fully saturated rings. The molecule has 1 aromatic rings. The molecule has 11 heavy (non-hydrogen) atoms. The molecule has 1 unspecified atom stereocenters. The van der Waals surface area contributed by atoms with E-state index in [-0.39, 0.29) is 29.4 Å². The third-order valence-corrected chi connectivity index (χ3v) is 1.42. The molecule has 0 saturated heterocycles. The van der Waals surface area contributed by atoms with Crippen molar-refractivity contribution in [2.24, 2.45) is 5.73 Å². The van der Waals surface area contributed by atoms with Gasteiger partial charge in [-0.1, -0.05) is 30.3 Å².